The number of piperidine rings is 1. The number of halogens is 1. The second kappa shape index (κ2) is 6.43. The molecule has 1 heterocycles. The Morgan fingerprint density at radius 2 is 2.10 bits per heavy atom. The Labute approximate surface area is 125 Å². The minimum Gasteiger partial charge on any atom is -0.494 e. The number of carbonyl (C=O) groups excluding carboxylic acids is 1. The van der Waals surface area contributed by atoms with Gasteiger partial charge < -0.3 is 15.0 Å². The Kier molecular flexibility index (Phi) is 4.83. The molecule has 1 fully saturated rings. The van der Waals surface area contributed by atoms with Crippen LogP contribution in [-0.4, -0.2) is 45.1 Å². The zero-order chi connectivity index (χ0) is 15.5. The molecule has 0 bridgehead atoms. The Morgan fingerprint density at radius 1 is 1.43 bits per heavy atom. The minimum atomic E-state index is -0.370. The third-order valence-corrected chi connectivity index (χ3v) is 4.49. The van der Waals surface area contributed by atoms with Crippen molar-refractivity contribution in [2.24, 2.45) is 0 Å². The standard InChI is InChI=1S/C16H23FN2O2/c1-18-15(20)11-16(6-8-19(2)9-7-16)12-4-5-14(21-3)13(17)10-12/h4-5,10H,6-9,11H2,1-3H3,(H,18,20). The van der Waals surface area contributed by atoms with Crippen LogP contribution in [0.25, 0.3) is 0 Å². The van der Waals surface area contributed by atoms with Crippen molar-refractivity contribution in [2.45, 2.75) is 24.7 Å². The summed E-state index contributed by atoms with van der Waals surface area (Å²) in [6.07, 6.45) is 2.09. The summed E-state index contributed by atoms with van der Waals surface area (Å²) in [5.74, 6) is -0.136. The highest BCUT2D eigenvalue weighted by Crippen LogP contribution is 2.39. The van der Waals surface area contributed by atoms with E-state index in [1.165, 1.54) is 13.2 Å². The second-order valence-electron chi connectivity index (χ2n) is 5.78. The number of hydrogen-bond donors (Lipinski definition) is 1. The van der Waals surface area contributed by atoms with E-state index in [4.69, 9.17) is 4.74 Å². The summed E-state index contributed by atoms with van der Waals surface area (Å²) < 4.78 is 19.0. The largest absolute Gasteiger partial charge is 0.494 e. The molecular formula is C16H23FN2O2. The van der Waals surface area contributed by atoms with Crippen LogP contribution in [0.5, 0.6) is 5.75 Å². The van der Waals surface area contributed by atoms with Gasteiger partial charge in [0.15, 0.2) is 11.6 Å². The predicted molar refractivity (Wildman–Crippen MR) is 80.0 cm³/mol. The van der Waals surface area contributed by atoms with Gasteiger partial charge in [0, 0.05) is 18.9 Å². The summed E-state index contributed by atoms with van der Waals surface area (Å²) in [6.45, 7) is 1.81. The molecule has 0 atom stereocenters. The minimum absolute atomic E-state index is 0.00391. The molecule has 0 aliphatic carbocycles. The van der Waals surface area contributed by atoms with E-state index in [2.05, 4.69) is 17.3 Å². The first-order valence-corrected chi connectivity index (χ1v) is 7.24. The lowest BCUT2D eigenvalue weighted by Gasteiger charge is -2.41. The highest BCUT2D eigenvalue weighted by atomic mass is 19.1. The van der Waals surface area contributed by atoms with Gasteiger partial charge in [0.25, 0.3) is 0 Å². The van der Waals surface area contributed by atoms with Crippen LogP contribution in [-0.2, 0) is 10.2 Å². The molecule has 1 N–H and O–H groups in total. The Morgan fingerprint density at radius 3 is 2.62 bits per heavy atom. The van der Waals surface area contributed by atoms with Crippen molar-refractivity contribution in [2.75, 3.05) is 34.3 Å². The molecule has 2 rings (SSSR count). The van der Waals surface area contributed by atoms with E-state index in [9.17, 15) is 9.18 Å². The summed E-state index contributed by atoms with van der Waals surface area (Å²) in [7, 11) is 5.16. The van der Waals surface area contributed by atoms with Gasteiger partial charge in [-0.1, -0.05) is 6.07 Å². The van der Waals surface area contributed by atoms with Crippen molar-refractivity contribution < 1.29 is 13.9 Å². The van der Waals surface area contributed by atoms with Gasteiger partial charge in [-0.25, -0.2) is 4.39 Å². The van der Waals surface area contributed by atoms with Crippen LogP contribution >= 0.6 is 0 Å². The first-order valence-electron chi connectivity index (χ1n) is 7.24. The highest BCUT2D eigenvalue weighted by Gasteiger charge is 2.37. The van der Waals surface area contributed by atoms with Crippen LogP contribution < -0.4 is 10.1 Å². The predicted octanol–water partition coefficient (Wildman–Crippen LogP) is 1.93. The number of rotatable bonds is 4. The number of amides is 1. The first-order chi connectivity index (χ1) is 10.0. The molecule has 116 valence electrons. The van der Waals surface area contributed by atoms with Gasteiger partial charge in [-0.05, 0) is 50.7 Å². The zero-order valence-corrected chi connectivity index (χ0v) is 12.9. The Balaban J connectivity index is 2.35. The number of methoxy groups -OCH3 is 1. The van der Waals surface area contributed by atoms with Crippen LogP contribution in [0.4, 0.5) is 4.39 Å². The summed E-state index contributed by atoms with van der Waals surface area (Å²) in [4.78, 5) is 14.1. The lowest BCUT2D eigenvalue weighted by molar-refractivity contribution is -0.122. The van der Waals surface area contributed by atoms with Crippen LogP contribution in [0.2, 0.25) is 0 Å². The molecule has 0 radical (unpaired) electrons. The lowest BCUT2D eigenvalue weighted by atomic mass is 9.70. The Hall–Kier alpha value is -1.62. The second-order valence-corrected chi connectivity index (χ2v) is 5.78. The van der Waals surface area contributed by atoms with Crippen molar-refractivity contribution in [3.8, 4) is 5.75 Å². The number of hydrogen-bond acceptors (Lipinski definition) is 3. The molecule has 0 spiro atoms. The van der Waals surface area contributed by atoms with Crippen molar-refractivity contribution in [1.29, 1.82) is 0 Å². The number of benzene rings is 1. The normalized spacial score (nSPS) is 18.3. The van der Waals surface area contributed by atoms with Gasteiger partial charge in [-0.15, -0.1) is 0 Å². The number of likely N-dealkylation sites (tertiary alicyclic amines) is 1. The summed E-state index contributed by atoms with van der Waals surface area (Å²) in [5.41, 5.74) is 0.595. The van der Waals surface area contributed by atoms with E-state index in [-0.39, 0.29) is 22.9 Å². The van der Waals surface area contributed by atoms with Gasteiger partial charge >= 0.3 is 0 Å². The van der Waals surface area contributed by atoms with Crippen molar-refractivity contribution in [3.05, 3.63) is 29.6 Å². The average molecular weight is 294 g/mol. The van der Waals surface area contributed by atoms with Crippen molar-refractivity contribution in [1.82, 2.24) is 10.2 Å². The highest BCUT2D eigenvalue weighted by molar-refractivity contribution is 5.77. The van der Waals surface area contributed by atoms with E-state index in [0.29, 0.717) is 6.42 Å². The smallest absolute Gasteiger partial charge is 0.220 e. The molecule has 1 amide bonds. The first kappa shape index (κ1) is 15.8. The van der Waals surface area contributed by atoms with Crippen LogP contribution in [0.3, 0.4) is 0 Å². The summed E-state index contributed by atoms with van der Waals surface area (Å²) >= 11 is 0. The Bertz CT molecular complexity index is 511. The van der Waals surface area contributed by atoms with Gasteiger partial charge in [-0.3, -0.25) is 4.79 Å². The quantitative estimate of drug-likeness (QED) is 0.922. The zero-order valence-electron chi connectivity index (χ0n) is 12.9. The topological polar surface area (TPSA) is 41.6 Å². The maximum Gasteiger partial charge on any atom is 0.220 e. The molecule has 4 nitrogen and oxygen atoms in total. The summed E-state index contributed by atoms with van der Waals surface area (Å²) in [6, 6.07) is 5.05. The molecule has 5 heteroatoms. The van der Waals surface area contributed by atoms with Crippen molar-refractivity contribution >= 4 is 5.91 Å². The molecule has 0 unspecified atom stereocenters. The van der Waals surface area contributed by atoms with E-state index in [1.54, 1.807) is 13.1 Å². The molecule has 0 saturated carbocycles. The maximum absolute atomic E-state index is 14.0. The molecule has 1 saturated heterocycles. The van der Waals surface area contributed by atoms with Gasteiger partial charge in [0.2, 0.25) is 5.91 Å². The summed E-state index contributed by atoms with van der Waals surface area (Å²) in [5, 5.41) is 2.68. The fraction of sp³-hybridized carbons (Fsp3) is 0.562. The maximum atomic E-state index is 14.0. The van der Waals surface area contributed by atoms with Crippen LogP contribution in [0.15, 0.2) is 18.2 Å². The monoisotopic (exact) mass is 294 g/mol. The lowest BCUT2D eigenvalue weighted by Crippen LogP contribution is -2.43. The van der Waals surface area contributed by atoms with E-state index in [1.807, 2.05) is 6.07 Å². The number of nitrogens with zero attached hydrogens (tertiary/aromatic N) is 1. The molecular weight excluding hydrogens is 271 g/mol. The third kappa shape index (κ3) is 3.35. The molecule has 1 aromatic rings. The molecule has 21 heavy (non-hydrogen) atoms. The molecule has 1 aliphatic heterocycles. The third-order valence-electron chi connectivity index (χ3n) is 4.49. The average Bonchev–Trinajstić information content (AvgIpc) is 2.49. The molecule has 1 aliphatic rings. The number of ether oxygens (including phenoxy) is 1. The fourth-order valence-electron chi connectivity index (χ4n) is 3.01. The number of carbonyl (C=O) groups is 1. The number of nitrogens with one attached hydrogen (secondary N) is 1. The van der Waals surface area contributed by atoms with E-state index >= 15 is 0 Å². The van der Waals surface area contributed by atoms with Gasteiger partial charge in [0.1, 0.15) is 0 Å². The van der Waals surface area contributed by atoms with Crippen molar-refractivity contribution in [3.63, 3.8) is 0 Å². The van der Waals surface area contributed by atoms with E-state index < -0.39 is 0 Å². The van der Waals surface area contributed by atoms with Crippen LogP contribution in [0.1, 0.15) is 24.8 Å². The van der Waals surface area contributed by atoms with Gasteiger partial charge in [0.05, 0.1) is 7.11 Å². The van der Waals surface area contributed by atoms with E-state index in [0.717, 1.165) is 31.5 Å². The fourth-order valence-corrected chi connectivity index (χ4v) is 3.01. The SMILES string of the molecule is CNC(=O)CC1(c2ccc(OC)c(F)c2)CCN(C)CC1. The van der Waals surface area contributed by atoms with Crippen LogP contribution in [0, 0.1) is 5.82 Å². The molecule has 1 aromatic carbocycles. The molecule has 0 aromatic heterocycles. The van der Waals surface area contributed by atoms with Gasteiger partial charge in [-0.2, -0.15) is 0 Å².